The van der Waals surface area contributed by atoms with Crippen LogP contribution >= 0.6 is 23.1 Å². The van der Waals surface area contributed by atoms with Crippen LogP contribution in [0.2, 0.25) is 0 Å². The lowest BCUT2D eigenvalue weighted by Gasteiger charge is -2.16. The molecule has 5 rings (SSSR count). The first kappa shape index (κ1) is 25.7. The Morgan fingerprint density at radius 1 is 1.08 bits per heavy atom. The summed E-state index contributed by atoms with van der Waals surface area (Å²) in [4.78, 5) is 31.6. The highest BCUT2D eigenvalue weighted by Crippen LogP contribution is 2.45. The molecule has 0 spiro atoms. The van der Waals surface area contributed by atoms with Crippen LogP contribution in [-0.4, -0.2) is 29.2 Å². The molecular formula is C30H25N3O3S2. The molecule has 0 fully saturated rings. The van der Waals surface area contributed by atoms with Crippen molar-refractivity contribution in [2.45, 2.75) is 31.2 Å². The van der Waals surface area contributed by atoms with Crippen LogP contribution in [0, 0.1) is 11.3 Å². The number of pyridine rings is 1. The van der Waals surface area contributed by atoms with E-state index in [2.05, 4.69) is 28.5 Å². The van der Waals surface area contributed by atoms with Gasteiger partial charge in [0.1, 0.15) is 16.1 Å². The molecule has 8 heteroatoms. The molecule has 0 saturated heterocycles. The molecule has 0 saturated carbocycles. The van der Waals surface area contributed by atoms with Gasteiger partial charge < -0.3 is 10.1 Å². The molecule has 0 aliphatic heterocycles. The number of thiophene rings is 1. The molecule has 2 heterocycles. The number of ether oxygens (including phenoxy) is 1. The van der Waals surface area contributed by atoms with Crippen LogP contribution in [0.3, 0.4) is 0 Å². The van der Waals surface area contributed by atoms with Gasteiger partial charge in [0.25, 0.3) is 0 Å². The highest BCUT2D eigenvalue weighted by Gasteiger charge is 2.29. The number of carbonyl (C=O) groups is 2. The number of nitriles is 1. The molecule has 0 bridgehead atoms. The van der Waals surface area contributed by atoms with Crippen LogP contribution in [-0.2, 0) is 22.4 Å². The quantitative estimate of drug-likeness (QED) is 0.197. The van der Waals surface area contributed by atoms with E-state index >= 15 is 0 Å². The minimum absolute atomic E-state index is 0.201. The number of hydrogen-bond acceptors (Lipinski definition) is 7. The third-order valence-electron chi connectivity index (χ3n) is 6.26. The second kappa shape index (κ2) is 11.6. The van der Waals surface area contributed by atoms with Crippen LogP contribution in [0.25, 0.3) is 21.7 Å². The smallest absolute Gasteiger partial charge is 0.341 e. The standard InChI is InChI=1S/C30H25N3O3S2/c1-2-36-30(35)26-23-14-12-19-8-6-7-11-22(19)27(23)38-29(26)33-25(34)16-17-37-28-21(18-31)13-15-24(32-28)20-9-4-3-5-10-20/h3-11,13,15H,2,12,14,16-17H2,1H3,(H,33,34). The van der Waals surface area contributed by atoms with Gasteiger partial charge in [0, 0.05) is 22.6 Å². The Kier molecular flexibility index (Phi) is 7.87. The maximum Gasteiger partial charge on any atom is 0.341 e. The molecule has 0 unspecified atom stereocenters. The van der Waals surface area contributed by atoms with Gasteiger partial charge in [-0.15, -0.1) is 23.1 Å². The average Bonchev–Trinajstić information content (AvgIpc) is 3.32. The van der Waals surface area contributed by atoms with E-state index in [1.807, 2.05) is 48.5 Å². The summed E-state index contributed by atoms with van der Waals surface area (Å²) in [7, 11) is 0. The van der Waals surface area contributed by atoms with Gasteiger partial charge in [0.15, 0.2) is 0 Å². The van der Waals surface area contributed by atoms with E-state index in [9.17, 15) is 14.9 Å². The summed E-state index contributed by atoms with van der Waals surface area (Å²) in [6, 6.07) is 23.7. The summed E-state index contributed by atoms with van der Waals surface area (Å²) in [5.41, 5.74) is 5.97. The lowest BCUT2D eigenvalue weighted by molar-refractivity contribution is -0.115. The lowest BCUT2D eigenvalue weighted by atomic mass is 9.89. The Morgan fingerprint density at radius 3 is 2.66 bits per heavy atom. The number of anilines is 1. The number of amides is 1. The summed E-state index contributed by atoms with van der Waals surface area (Å²) in [5, 5.41) is 13.6. The minimum atomic E-state index is -0.408. The minimum Gasteiger partial charge on any atom is -0.462 e. The fourth-order valence-corrected chi connectivity index (χ4v) is 6.71. The van der Waals surface area contributed by atoms with Crippen LogP contribution < -0.4 is 5.32 Å². The number of aromatic nitrogens is 1. The average molecular weight is 540 g/mol. The van der Waals surface area contributed by atoms with Crippen LogP contribution in [0.4, 0.5) is 5.00 Å². The zero-order chi connectivity index (χ0) is 26.5. The summed E-state index contributed by atoms with van der Waals surface area (Å²) in [6.07, 6.45) is 1.77. The molecule has 6 nitrogen and oxygen atoms in total. The normalized spacial score (nSPS) is 11.7. The number of carbonyl (C=O) groups excluding carboxylic acids is 2. The van der Waals surface area contributed by atoms with Crippen molar-refractivity contribution < 1.29 is 14.3 Å². The zero-order valence-electron chi connectivity index (χ0n) is 20.8. The van der Waals surface area contributed by atoms with Crippen LogP contribution in [0.1, 0.15) is 40.4 Å². The summed E-state index contributed by atoms with van der Waals surface area (Å²) in [5.74, 6) is -0.170. The largest absolute Gasteiger partial charge is 0.462 e. The number of thioether (sulfide) groups is 1. The second-order valence-corrected chi connectivity index (χ2v) is 10.8. The molecule has 1 amide bonds. The first-order valence-electron chi connectivity index (χ1n) is 12.4. The predicted molar refractivity (Wildman–Crippen MR) is 151 cm³/mol. The van der Waals surface area contributed by atoms with Crippen molar-refractivity contribution in [3.8, 4) is 27.8 Å². The number of nitrogens with one attached hydrogen (secondary N) is 1. The fourth-order valence-electron chi connectivity index (χ4n) is 4.48. The summed E-state index contributed by atoms with van der Waals surface area (Å²) in [6.45, 7) is 2.04. The maximum atomic E-state index is 13.0. The van der Waals surface area contributed by atoms with Crippen molar-refractivity contribution >= 4 is 40.0 Å². The fraction of sp³-hybridized carbons (Fsp3) is 0.200. The van der Waals surface area contributed by atoms with E-state index < -0.39 is 5.97 Å². The Hall–Kier alpha value is -3.93. The Labute approximate surface area is 229 Å². The van der Waals surface area contributed by atoms with Crippen molar-refractivity contribution in [1.82, 2.24) is 4.98 Å². The number of hydrogen-bond donors (Lipinski definition) is 1. The van der Waals surface area contributed by atoms with Gasteiger partial charge in [-0.2, -0.15) is 5.26 Å². The molecule has 2 aromatic carbocycles. The molecule has 4 aromatic rings. The van der Waals surface area contributed by atoms with Crippen molar-refractivity contribution in [3.05, 3.63) is 89.0 Å². The molecule has 2 aromatic heterocycles. The van der Waals surface area contributed by atoms with Crippen molar-refractivity contribution in [1.29, 1.82) is 5.26 Å². The monoisotopic (exact) mass is 539 g/mol. The Balaban J connectivity index is 1.32. The molecule has 1 aliphatic carbocycles. The number of rotatable bonds is 8. The van der Waals surface area contributed by atoms with Gasteiger partial charge in [0.05, 0.1) is 23.4 Å². The van der Waals surface area contributed by atoms with Crippen LogP contribution in [0.15, 0.2) is 71.8 Å². The third kappa shape index (κ3) is 5.35. The molecule has 1 N–H and O–H groups in total. The topological polar surface area (TPSA) is 92.1 Å². The van der Waals surface area contributed by atoms with Gasteiger partial charge in [-0.05, 0) is 48.6 Å². The van der Waals surface area contributed by atoms with Gasteiger partial charge >= 0.3 is 5.97 Å². The Bertz CT molecular complexity index is 1540. The van der Waals surface area contributed by atoms with E-state index in [1.165, 1.54) is 28.7 Å². The predicted octanol–water partition coefficient (Wildman–Crippen LogP) is 6.74. The Morgan fingerprint density at radius 2 is 1.87 bits per heavy atom. The van der Waals surface area contributed by atoms with Crippen molar-refractivity contribution in [2.75, 3.05) is 17.7 Å². The first-order valence-corrected chi connectivity index (χ1v) is 14.2. The lowest BCUT2D eigenvalue weighted by Crippen LogP contribution is -2.16. The van der Waals surface area contributed by atoms with Gasteiger partial charge in [-0.25, -0.2) is 9.78 Å². The van der Waals surface area contributed by atoms with Crippen LogP contribution in [0.5, 0.6) is 0 Å². The summed E-state index contributed by atoms with van der Waals surface area (Å²) < 4.78 is 5.35. The SMILES string of the molecule is CCOC(=O)c1c(NC(=O)CCSc2nc(-c3ccccc3)ccc2C#N)sc2c1CCc1ccccc1-2. The van der Waals surface area contributed by atoms with Crippen molar-refractivity contribution in [2.24, 2.45) is 0 Å². The second-order valence-electron chi connectivity index (χ2n) is 8.67. The number of fused-ring (bicyclic) bond motifs is 3. The molecule has 1 aliphatic rings. The number of esters is 1. The zero-order valence-corrected chi connectivity index (χ0v) is 22.5. The number of nitrogens with zero attached hydrogens (tertiary/aromatic N) is 2. The molecule has 0 atom stereocenters. The highest BCUT2D eigenvalue weighted by atomic mass is 32.2. The highest BCUT2D eigenvalue weighted by molar-refractivity contribution is 7.99. The van der Waals surface area contributed by atoms with E-state index in [0.717, 1.165) is 40.1 Å². The van der Waals surface area contributed by atoms with Gasteiger partial charge in [-0.3, -0.25) is 4.79 Å². The number of aryl methyl sites for hydroxylation is 1. The molecule has 38 heavy (non-hydrogen) atoms. The van der Waals surface area contributed by atoms with E-state index in [1.54, 1.807) is 13.0 Å². The van der Waals surface area contributed by atoms with Gasteiger partial charge in [0.2, 0.25) is 5.91 Å². The van der Waals surface area contributed by atoms with Crippen molar-refractivity contribution in [3.63, 3.8) is 0 Å². The molecule has 0 radical (unpaired) electrons. The summed E-state index contributed by atoms with van der Waals surface area (Å²) >= 11 is 2.80. The van der Waals surface area contributed by atoms with E-state index in [0.29, 0.717) is 26.9 Å². The molecule has 190 valence electrons. The van der Waals surface area contributed by atoms with E-state index in [-0.39, 0.29) is 18.9 Å². The maximum absolute atomic E-state index is 13.0. The first-order chi connectivity index (χ1) is 18.6. The van der Waals surface area contributed by atoms with E-state index in [4.69, 9.17) is 4.74 Å². The number of benzene rings is 2. The third-order valence-corrected chi connectivity index (χ3v) is 8.44. The van der Waals surface area contributed by atoms with Gasteiger partial charge in [-0.1, -0.05) is 54.6 Å². The molecular weight excluding hydrogens is 514 g/mol.